The number of hydrogen-bond acceptors (Lipinski definition) is 5. The van der Waals surface area contributed by atoms with Crippen LogP contribution in [0.4, 0.5) is 0 Å². The van der Waals surface area contributed by atoms with Crippen LogP contribution in [-0.4, -0.2) is 74.4 Å². The van der Waals surface area contributed by atoms with Crippen LogP contribution in [0.5, 0.6) is 11.5 Å². The maximum absolute atomic E-state index is 6.14. The van der Waals surface area contributed by atoms with E-state index in [1.807, 2.05) is 19.2 Å². The third kappa shape index (κ3) is 4.54. The molecule has 0 saturated carbocycles. The zero-order chi connectivity index (χ0) is 21.8. The van der Waals surface area contributed by atoms with Crippen molar-refractivity contribution < 1.29 is 14.2 Å². The highest BCUT2D eigenvalue weighted by Gasteiger charge is 2.41. The fourth-order valence-electron chi connectivity index (χ4n) is 4.85. The molecular weight excluding hydrogens is 404 g/mol. The van der Waals surface area contributed by atoms with E-state index >= 15 is 0 Å². The molecule has 0 radical (unpaired) electrons. The number of fused-ring (bicyclic) bond motifs is 2. The van der Waals surface area contributed by atoms with Gasteiger partial charge in [0.1, 0.15) is 0 Å². The number of nitrogens with one attached hydrogen (secondary N) is 1. The second-order valence-electron chi connectivity index (χ2n) is 8.53. The molecule has 0 aliphatic carbocycles. The predicted octanol–water partition coefficient (Wildman–Crippen LogP) is 2.51. The molecule has 7 heteroatoms. The van der Waals surface area contributed by atoms with Gasteiger partial charge in [-0.2, -0.15) is 0 Å². The van der Waals surface area contributed by atoms with Crippen LogP contribution < -0.4 is 14.8 Å². The van der Waals surface area contributed by atoms with E-state index in [1.165, 1.54) is 5.56 Å². The van der Waals surface area contributed by atoms with Crippen LogP contribution in [0, 0.1) is 0 Å². The molecule has 5 rings (SSSR count). The Hall–Kier alpha value is -2.77. The Bertz CT molecular complexity index is 936. The highest BCUT2D eigenvalue weighted by atomic mass is 16.5. The predicted molar refractivity (Wildman–Crippen MR) is 124 cm³/mol. The fraction of sp³-hybridized carbons (Fsp3) is 0.480. The minimum absolute atomic E-state index is 0.204. The van der Waals surface area contributed by atoms with Gasteiger partial charge < -0.3 is 24.4 Å². The number of likely N-dealkylation sites (tertiary alicyclic amines) is 1. The Labute approximate surface area is 190 Å². The van der Waals surface area contributed by atoms with Crippen molar-refractivity contribution in [2.75, 3.05) is 46.5 Å². The zero-order valence-corrected chi connectivity index (χ0v) is 18.7. The zero-order valence-electron chi connectivity index (χ0n) is 18.7. The average molecular weight is 437 g/mol. The number of nitrogens with zero attached hydrogens (tertiary/aromatic N) is 3. The van der Waals surface area contributed by atoms with E-state index in [0.717, 1.165) is 62.2 Å². The van der Waals surface area contributed by atoms with Crippen LogP contribution in [0.15, 0.2) is 53.5 Å². The number of hydrogen-bond donors (Lipinski definition) is 1. The van der Waals surface area contributed by atoms with E-state index in [0.29, 0.717) is 25.8 Å². The molecule has 3 aliphatic rings. The van der Waals surface area contributed by atoms with Gasteiger partial charge >= 0.3 is 0 Å². The molecule has 3 heterocycles. The molecule has 1 N–H and O–H groups in total. The maximum atomic E-state index is 6.14. The third-order valence-corrected chi connectivity index (χ3v) is 6.45. The van der Waals surface area contributed by atoms with Crippen LogP contribution in [0.1, 0.15) is 17.5 Å². The molecular formula is C25H32N4O3. The Morgan fingerprint density at radius 1 is 1.03 bits per heavy atom. The summed E-state index contributed by atoms with van der Waals surface area (Å²) in [6.45, 7) is 6.47. The summed E-state index contributed by atoms with van der Waals surface area (Å²) in [5, 5.41) is 3.54. The number of ether oxygens (including phenoxy) is 3. The fourth-order valence-corrected chi connectivity index (χ4v) is 4.85. The molecule has 0 spiro atoms. The van der Waals surface area contributed by atoms with Gasteiger partial charge in [0.15, 0.2) is 17.5 Å². The number of morpholine rings is 1. The second-order valence-corrected chi connectivity index (χ2v) is 8.53. The number of rotatable bonds is 4. The molecule has 2 fully saturated rings. The SMILES string of the molecule is CN=C(NCc1cccc2c1OCCCO2)N1CC2OCCN(Cc3ccccc3)C2C1. The van der Waals surface area contributed by atoms with Gasteiger partial charge in [-0.1, -0.05) is 42.5 Å². The van der Waals surface area contributed by atoms with Gasteiger partial charge in [-0.25, -0.2) is 0 Å². The molecule has 2 aromatic carbocycles. The number of aliphatic imine (C=N–C) groups is 1. The quantitative estimate of drug-likeness (QED) is 0.587. The Balaban J connectivity index is 1.24. The van der Waals surface area contributed by atoms with E-state index in [4.69, 9.17) is 14.2 Å². The largest absolute Gasteiger partial charge is 0.490 e. The van der Waals surface area contributed by atoms with E-state index in [9.17, 15) is 0 Å². The average Bonchev–Trinajstić information content (AvgIpc) is 3.11. The highest BCUT2D eigenvalue weighted by Crippen LogP contribution is 2.33. The first-order valence-electron chi connectivity index (χ1n) is 11.5. The van der Waals surface area contributed by atoms with Gasteiger partial charge in [-0.3, -0.25) is 9.89 Å². The standard InChI is InChI=1S/C25H32N4O3/c1-26-25(27-15-20-9-5-10-22-24(20)32-13-6-12-30-22)29-17-21-23(18-29)31-14-11-28(21)16-19-7-3-2-4-8-19/h2-5,7-10,21,23H,6,11-18H2,1H3,(H,26,27). The van der Waals surface area contributed by atoms with E-state index < -0.39 is 0 Å². The molecule has 2 atom stereocenters. The number of guanidine groups is 1. The lowest BCUT2D eigenvalue weighted by Crippen LogP contribution is -2.50. The topological polar surface area (TPSA) is 58.6 Å². The van der Waals surface area contributed by atoms with Crippen molar-refractivity contribution >= 4 is 5.96 Å². The van der Waals surface area contributed by atoms with Crippen molar-refractivity contribution in [1.82, 2.24) is 15.1 Å². The van der Waals surface area contributed by atoms with Crippen LogP contribution in [0.3, 0.4) is 0 Å². The Kier molecular flexibility index (Phi) is 6.46. The van der Waals surface area contributed by atoms with Gasteiger partial charge in [0, 0.05) is 51.8 Å². The van der Waals surface area contributed by atoms with Gasteiger partial charge in [-0.05, 0) is 11.6 Å². The minimum Gasteiger partial charge on any atom is -0.490 e. The van der Waals surface area contributed by atoms with Crippen molar-refractivity contribution in [3.63, 3.8) is 0 Å². The Morgan fingerprint density at radius 2 is 1.91 bits per heavy atom. The molecule has 0 amide bonds. The number of para-hydroxylation sites is 1. The summed E-state index contributed by atoms with van der Waals surface area (Å²) in [6, 6.07) is 17.1. The molecule has 3 aliphatic heterocycles. The van der Waals surface area contributed by atoms with E-state index in [1.54, 1.807) is 0 Å². The summed E-state index contributed by atoms with van der Waals surface area (Å²) in [6.07, 6.45) is 1.11. The first-order chi connectivity index (χ1) is 15.8. The summed E-state index contributed by atoms with van der Waals surface area (Å²) < 4.78 is 17.9. The van der Waals surface area contributed by atoms with E-state index in [-0.39, 0.29) is 6.10 Å². The van der Waals surface area contributed by atoms with Gasteiger partial charge in [-0.15, -0.1) is 0 Å². The van der Waals surface area contributed by atoms with Crippen LogP contribution in [-0.2, 0) is 17.8 Å². The van der Waals surface area contributed by atoms with Crippen molar-refractivity contribution in [3.8, 4) is 11.5 Å². The Morgan fingerprint density at radius 3 is 2.78 bits per heavy atom. The summed E-state index contributed by atoms with van der Waals surface area (Å²) in [4.78, 5) is 9.44. The van der Waals surface area contributed by atoms with Crippen molar-refractivity contribution in [1.29, 1.82) is 0 Å². The lowest BCUT2D eigenvalue weighted by molar-refractivity contribution is -0.0502. The van der Waals surface area contributed by atoms with Crippen LogP contribution in [0.25, 0.3) is 0 Å². The van der Waals surface area contributed by atoms with Gasteiger partial charge in [0.05, 0.1) is 32.0 Å². The molecule has 2 saturated heterocycles. The van der Waals surface area contributed by atoms with Gasteiger partial charge in [0.2, 0.25) is 0 Å². The second kappa shape index (κ2) is 9.79. The lowest BCUT2D eigenvalue weighted by Gasteiger charge is -2.36. The first kappa shape index (κ1) is 21.1. The maximum Gasteiger partial charge on any atom is 0.194 e. The lowest BCUT2D eigenvalue weighted by atomic mass is 10.1. The molecule has 0 aromatic heterocycles. The van der Waals surface area contributed by atoms with E-state index in [2.05, 4.69) is 56.5 Å². The van der Waals surface area contributed by atoms with Crippen molar-refractivity contribution in [2.45, 2.75) is 31.7 Å². The summed E-state index contributed by atoms with van der Waals surface area (Å²) in [7, 11) is 1.85. The summed E-state index contributed by atoms with van der Waals surface area (Å²) >= 11 is 0. The molecule has 170 valence electrons. The first-order valence-corrected chi connectivity index (χ1v) is 11.5. The summed E-state index contributed by atoms with van der Waals surface area (Å²) in [5.74, 6) is 2.57. The van der Waals surface area contributed by atoms with Crippen LogP contribution >= 0.6 is 0 Å². The van der Waals surface area contributed by atoms with Gasteiger partial charge in [0.25, 0.3) is 0 Å². The van der Waals surface area contributed by atoms with Crippen molar-refractivity contribution in [3.05, 3.63) is 59.7 Å². The molecule has 7 nitrogen and oxygen atoms in total. The number of benzene rings is 2. The van der Waals surface area contributed by atoms with Crippen molar-refractivity contribution in [2.24, 2.45) is 4.99 Å². The smallest absolute Gasteiger partial charge is 0.194 e. The monoisotopic (exact) mass is 436 g/mol. The molecule has 0 bridgehead atoms. The molecule has 2 aromatic rings. The van der Waals surface area contributed by atoms with Crippen LogP contribution in [0.2, 0.25) is 0 Å². The molecule has 32 heavy (non-hydrogen) atoms. The summed E-state index contributed by atoms with van der Waals surface area (Å²) in [5.41, 5.74) is 2.44. The third-order valence-electron chi connectivity index (χ3n) is 6.45. The highest BCUT2D eigenvalue weighted by molar-refractivity contribution is 5.80. The normalized spacial score (nSPS) is 23.5. The molecule has 2 unspecified atom stereocenters. The minimum atomic E-state index is 0.204.